The lowest BCUT2D eigenvalue weighted by Gasteiger charge is -2.37. The molecule has 0 saturated heterocycles. The zero-order valence-electron chi connectivity index (χ0n) is 11.9. The number of aliphatic carboxylic acids is 1. The number of carbonyl (C=O) groups is 1. The summed E-state index contributed by atoms with van der Waals surface area (Å²) in [5.74, 6) is -0.0939. The van der Waals surface area contributed by atoms with Crippen molar-refractivity contribution in [3.8, 4) is 0 Å². The first-order chi connectivity index (χ1) is 9.05. The van der Waals surface area contributed by atoms with Crippen molar-refractivity contribution >= 4 is 5.97 Å². The molecular formula is C16H23NO2. The number of carboxylic acids is 1. The fraction of sp³-hybridized carbons (Fsp3) is 0.625. The summed E-state index contributed by atoms with van der Waals surface area (Å²) in [5, 5.41) is 9.70. The summed E-state index contributed by atoms with van der Waals surface area (Å²) in [7, 11) is 0. The molecule has 1 saturated carbocycles. The van der Waals surface area contributed by atoms with Crippen LogP contribution < -0.4 is 0 Å². The summed E-state index contributed by atoms with van der Waals surface area (Å²) in [6, 6.07) is 5.87. The number of rotatable bonds is 4. The average molecular weight is 261 g/mol. The number of pyridine rings is 1. The van der Waals surface area contributed by atoms with E-state index in [9.17, 15) is 9.90 Å². The Labute approximate surface area is 115 Å². The standard InChI is InChI=1S/C16H23NO2/c1-3-13-7-5-9-16(10-13,15(18)19)11-14-8-4-6-12(2)17-14/h4,6,8,13H,3,5,7,9-11H2,1-2H3,(H,18,19). The molecule has 2 unspecified atom stereocenters. The lowest BCUT2D eigenvalue weighted by molar-refractivity contribution is -0.152. The van der Waals surface area contributed by atoms with Gasteiger partial charge in [-0.1, -0.05) is 32.3 Å². The minimum atomic E-state index is -0.644. The first kappa shape index (κ1) is 14.0. The van der Waals surface area contributed by atoms with Crippen molar-refractivity contribution < 1.29 is 9.90 Å². The van der Waals surface area contributed by atoms with E-state index in [1.165, 1.54) is 6.42 Å². The molecule has 1 N–H and O–H groups in total. The predicted octanol–water partition coefficient (Wildman–Crippen LogP) is 3.60. The maximum absolute atomic E-state index is 11.8. The van der Waals surface area contributed by atoms with E-state index in [1.807, 2.05) is 25.1 Å². The van der Waals surface area contributed by atoms with Crippen LogP contribution in [0.3, 0.4) is 0 Å². The SMILES string of the molecule is CCC1CCCC(Cc2cccc(C)n2)(C(=O)O)C1. The third kappa shape index (κ3) is 3.14. The molecule has 0 aliphatic heterocycles. The minimum absolute atomic E-state index is 0.551. The molecule has 0 aromatic carbocycles. The molecule has 0 bridgehead atoms. The quantitative estimate of drug-likeness (QED) is 0.900. The van der Waals surface area contributed by atoms with Gasteiger partial charge in [0.05, 0.1) is 5.41 Å². The van der Waals surface area contributed by atoms with Gasteiger partial charge in [0, 0.05) is 17.8 Å². The summed E-state index contributed by atoms with van der Waals surface area (Å²) < 4.78 is 0. The summed E-state index contributed by atoms with van der Waals surface area (Å²) in [4.78, 5) is 16.3. The molecule has 0 radical (unpaired) electrons. The van der Waals surface area contributed by atoms with E-state index in [2.05, 4.69) is 11.9 Å². The highest BCUT2D eigenvalue weighted by Crippen LogP contribution is 2.43. The molecule has 1 fully saturated rings. The lowest BCUT2D eigenvalue weighted by atomic mass is 9.66. The molecule has 1 aromatic rings. The Morgan fingerprint density at radius 2 is 2.32 bits per heavy atom. The number of carboxylic acid groups (broad SMARTS) is 1. The van der Waals surface area contributed by atoms with Crippen LogP contribution in [0.25, 0.3) is 0 Å². The van der Waals surface area contributed by atoms with Crippen LogP contribution in [0.5, 0.6) is 0 Å². The smallest absolute Gasteiger partial charge is 0.310 e. The molecule has 1 heterocycles. The van der Waals surface area contributed by atoms with Crippen LogP contribution in [0, 0.1) is 18.3 Å². The molecule has 1 aromatic heterocycles. The number of nitrogens with zero attached hydrogens (tertiary/aromatic N) is 1. The van der Waals surface area contributed by atoms with Crippen molar-refractivity contribution in [1.82, 2.24) is 4.98 Å². The first-order valence-electron chi connectivity index (χ1n) is 7.22. The van der Waals surface area contributed by atoms with Gasteiger partial charge in [-0.3, -0.25) is 9.78 Å². The van der Waals surface area contributed by atoms with Crippen LogP contribution in [0.4, 0.5) is 0 Å². The fourth-order valence-corrected chi connectivity index (χ4v) is 3.31. The van der Waals surface area contributed by atoms with Crippen LogP contribution in [-0.4, -0.2) is 16.1 Å². The van der Waals surface area contributed by atoms with E-state index in [0.717, 1.165) is 37.1 Å². The Morgan fingerprint density at radius 3 is 2.95 bits per heavy atom. The van der Waals surface area contributed by atoms with Crippen LogP contribution in [0.2, 0.25) is 0 Å². The second-order valence-electron chi connectivity index (χ2n) is 5.90. The van der Waals surface area contributed by atoms with Gasteiger partial charge < -0.3 is 5.11 Å². The van der Waals surface area contributed by atoms with Crippen LogP contribution in [0.15, 0.2) is 18.2 Å². The van der Waals surface area contributed by atoms with Gasteiger partial charge in [-0.25, -0.2) is 0 Å². The topological polar surface area (TPSA) is 50.2 Å². The van der Waals surface area contributed by atoms with Crippen molar-refractivity contribution in [2.45, 2.75) is 52.4 Å². The Morgan fingerprint density at radius 1 is 1.53 bits per heavy atom. The van der Waals surface area contributed by atoms with E-state index >= 15 is 0 Å². The van der Waals surface area contributed by atoms with E-state index < -0.39 is 11.4 Å². The number of aryl methyl sites for hydroxylation is 1. The maximum atomic E-state index is 11.8. The summed E-state index contributed by atoms with van der Waals surface area (Å²) in [6.07, 6.45) is 5.43. The summed E-state index contributed by atoms with van der Waals surface area (Å²) in [5.41, 5.74) is 1.28. The first-order valence-corrected chi connectivity index (χ1v) is 7.22. The highest BCUT2D eigenvalue weighted by atomic mass is 16.4. The van der Waals surface area contributed by atoms with Gasteiger partial charge in [0.1, 0.15) is 0 Å². The Hall–Kier alpha value is -1.38. The third-order valence-electron chi connectivity index (χ3n) is 4.44. The summed E-state index contributed by atoms with van der Waals surface area (Å²) in [6.45, 7) is 4.11. The number of aromatic nitrogens is 1. The molecule has 19 heavy (non-hydrogen) atoms. The van der Waals surface area contributed by atoms with Gasteiger partial charge in [0.25, 0.3) is 0 Å². The third-order valence-corrected chi connectivity index (χ3v) is 4.44. The lowest BCUT2D eigenvalue weighted by Crippen LogP contribution is -2.38. The molecule has 2 rings (SSSR count). The summed E-state index contributed by atoms with van der Waals surface area (Å²) >= 11 is 0. The van der Waals surface area contributed by atoms with Crippen molar-refractivity contribution in [1.29, 1.82) is 0 Å². The fourth-order valence-electron chi connectivity index (χ4n) is 3.31. The molecule has 3 heteroatoms. The normalized spacial score (nSPS) is 27.2. The molecular weight excluding hydrogens is 238 g/mol. The van der Waals surface area contributed by atoms with Gasteiger partial charge in [0.2, 0.25) is 0 Å². The second-order valence-corrected chi connectivity index (χ2v) is 5.90. The van der Waals surface area contributed by atoms with Crippen LogP contribution in [0.1, 0.15) is 50.4 Å². The van der Waals surface area contributed by atoms with Gasteiger partial charge >= 0.3 is 5.97 Å². The maximum Gasteiger partial charge on any atom is 0.310 e. The molecule has 3 nitrogen and oxygen atoms in total. The second kappa shape index (κ2) is 5.72. The van der Waals surface area contributed by atoms with Gasteiger partial charge in [0.15, 0.2) is 0 Å². The number of hydrogen-bond donors (Lipinski definition) is 1. The van der Waals surface area contributed by atoms with E-state index in [-0.39, 0.29) is 0 Å². The van der Waals surface area contributed by atoms with E-state index in [0.29, 0.717) is 12.3 Å². The van der Waals surface area contributed by atoms with Gasteiger partial charge in [-0.2, -0.15) is 0 Å². The van der Waals surface area contributed by atoms with Crippen molar-refractivity contribution in [3.63, 3.8) is 0 Å². The molecule has 104 valence electrons. The average Bonchev–Trinajstić information content (AvgIpc) is 2.38. The zero-order chi connectivity index (χ0) is 13.9. The Kier molecular flexibility index (Phi) is 4.23. The van der Waals surface area contributed by atoms with Crippen molar-refractivity contribution in [2.24, 2.45) is 11.3 Å². The van der Waals surface area contributed by atoms with Gasteiger partial charge in [-0.15, -0.1) is 0 Å². The van der Waals surface area contributed by atoms with E-state index in [4.69, 9.17) is 0 Å². The van der Waals surface area contributed by atoms with Gasteiger partial charge in [-0.05, 0) is 37.8 Å². The van der Waals surface area contributed by atoms with Crippen LogP contribution in [-0.2, 0) is 11.2 Å². The van der Waals surface area contributed by atoms with E-state index in [1.54, 1.807) is 0 Å². The minimum Gasteiger partial charge on any atom is -0.481 e. The van der Waals surface area contributed by atoms with Crippen molar-refractivity contribution in [3.05, 3.63) is 29.6 Å². The van der Waals surface area contributed by atoms with Crippen molar-refractivity contribution in [2.75, 3.05) is 0 Å². The molecule has 0 spiro atoms. The number of hydrogen-bond acceptors (Lipinski definition) is 2. The molecule has 1 aliphatic rings. The monoisotopic (exact) mass is 261 g/mol. The predicted molar refractivity (Wildman–Crippen MR) is 75.0 cm³/mol. The van der Waals surface area contributed by atoms with Crippen LogP contribution >= 0.6 is 0 Å². The zero-order valence-corrected chi connectivity index (χ0v) is 11.9. The Bertz CT molecular complexity index is 458. The largest absolute Gasteiger partial charge is 0.481 e. The highest BCUT2D eigenvalue weighted by molar-refractivity contribution is 5.75. The highest BCUT2D eigenvalue weighted by Gasteiger charge is 2.42. The molecule has 1 aliphatic carbocycles. The molecule has 0 amide bonds. The Balaban J connectivity index is 2.22. The molecule has 2 atom stereocenters.